The van der Waals surface area contributed by atoms with E-state index in [9.17, 15) is 0 Å². The van der Waals surface area contributed by atoms with Crippen molar-refractivity contribution in [1.29, 1.82) is 0 Å². The van der Waals surface area contributed by atoms with E-state index in [1.807, 2.05) is 7.05 Å². The van der Waals surface area contributed by atoms with Crippen LogP contribution in [0, 0.1) is 5.41 Å². The lowest BCUT2D eigenvalue weighted by Crippen LogP contribution is -2.52. The van der Waals surface area contributed by atoms with Gasteiger partial charge in [0.15, 0.2) is 0 Å². The molecular formula is C15H31NO2. The molecule has 108 valence electrons. The van der Waals surface area contributed by atoms with Crippen LogP contribution in [0.15, 0.2) is 0 Å². The highest BCUT2D eigenvalue weighted by Crippen LogP contribution is 2.36. The number of hydrogen-bond acceptors (Lipinski definition) is 3. The zero-order chi connectivity index (χ0) is 13.8. The molecule has 2 unspecified atom stereocenters. The summed E-state index contributed by atoms with van der Waals surface area (Å²) in [5.74, 6) is 0. The highest BCUT2D eigenvalue weighted by Gasteiger charge is 2.38. The van der Waals surface area contributed by atoms with Crippen molar-refractivity contribution in [3.05, 3.63) is 0 Å². The van der Waals surface area contributed by atoms with Crippen LogP contribution in [0.1, 0.15) is 53.9 Å². The Morgan fingerprint density at radius 2 is 1.89 bits per heavy atom. The molecule has 3 heteroatoms. The molecule has 0 aliphatic heterocycles. The van der Waals surface area contributed by atoms with Gasteiger partial charge < -0.3 is 14.8 Å². The first kappa shape index (κ1) is 15.9. The molecule has 1 aliphatic rings. The summed E-state index contributed by atoms with van der Waals surface area (Å²) in [7, 11) is 2.04. The van der Waals surface area contributed by atoms with Crippen LogP contribution in [0.2, 0.25) is 0 Å². The smallest absolute Gasteiger partial charge is 0.0734 e. The number of nitrogens with one attached hydrogen (secondary N) is 1. The lowest BCUT2D eigenvalue weighted by molar-refractivity contribution is -0.0796. The van der Waals surface area contributed by atoms with Gasteiger partial charge in [0.2, 0.25) is 0 Å². The van der Waals surface area contributed by atoms with Crippen LogP contribution in [0.25, 0.3) is 0 Å². The van der Waals surface area contributed by atoms with E-state index < -0.39 is 0 Å². The highest BCUT2D eigenvalue weighted by atomic mass is 16.5. The molecular weight excluding hydrogens is 226 g/mol. The first-order chi connectivity index (χ1) is 8.26. The van der Waals surface area contributed by atoms with Crippen molar-refractivity contribution in [2.24, 2.45) is 5.41 Å². The molecule has 3 nitrogen and oxygen atoms in total. The summed E-state index contributed by atoms with van der Waals surface area (Å²) in [5, 5.41) is 3.44. The standard InChI is InChI=1S/C15H31NO2/c1-14(2,3)18-11-10-17-12-8-7-9-15(4,5)13(12)16-6/h12-13,16H,7-11H2,1-6H3. The average Bonchev–Trinajstić information content (AvgIpc) is 2.22. The molecule has 0 heterocycles. The number of hydrogen-bond donors (Lipinski definition) is 1. The Hall–Kier alpha value is -0.120. The van der Waals surface area contributed by atoms with E-state index in [4.69, 9.17) is 9.47 Å². The first-order valence-electron chi connectivity index (χ1n) is 7.19. The maximum atomic E-state index is 6.03. The second-order valence-corrected chi connectivity index (χ2v) is 7.02. The molecule has 1 N–H and O–H groups in total. The lowest BCUT2D eigenvalue weighted by atomic mass is 9.72. The SMILES string of the molecule is CNC1C(OCCOC(C)(C)C)CCCC1(C)C. The number of likely N-dealkylation sites (N-methyl/N-ethyl adjacent to an activating group) is 1. The summed E-state index contributed by atoms with van der Waals surface area (Å²) in [6.45, 7) is 12.3. The van der Waals surface area contributed by atoms with Gasteiger partial charge in [0.25, 0.3) is 0 Å². The summed E-state index contributed by atoms with van der Waals surface area (Å²) in [4.78, 5) is 0. The Kier molecular flexibility index (Phi) is 5.63. The van der Waals surface area contributed by atoms with Crippen LogP contribution >= 0.6 is 0 Å². The minimum absolute atomic E-state index is 0.0718. The van der Waals surface area contributed by atoms with Crippen LogP contribution in [0.3, 0.4) is 0 Å². The molecule has 1 rings (SSSR count). The third kappa shape index (κ3) is 4.87. The third-order valence-corrected chi connectivity index (χ3v) is 3.78. The van der Waals surface area contributed by atoms with Crippen molar-refractivity contribution in [1.82, 2.24) is 5.32 Å². The number of ether oxygens (including phenoxy) is 2. The summed E-state index contributed by atoms with van der Waals surface area (Å²) >= 11 is 0. The van der Waals surface area contributed by atoms with Gasteiger partial charge in [-0.15, -0.1) is 0 Å². The maximum absolute atomic E-state index is 6.03. The van der Waals surface area contributed by atoms with Crippen molar-refractivity contribution >= 4 is 0 Å². The molecule has 0 aromatic heterocycles. The molecule has 1 aliphatic carbocycles. The van der Waals surface area contributed by atoms with Gasteiger partial charge >= 0.3 is 0 Å². The highest BCUT2D eigenvalue weighted by molar-refractivity contribution is 4.93. The molecule has 18 heavy (non-hydrogen) atoms. The van der Waals surface area contributed by atoms with E-state index in [2.05, 4.69) is 39.9 Å². The monoisotopic (exact) mass is 257 g/mol. The Morgan fingerprint density at radius 1 is 1.22 bits per heavy atom. The van der Waals surface area contributed by atoms with Crippen molar-refractivity contribution in [3.8, 4) is 0 Å². The molecule has 0 radical (unpaired) electrons. The zero-order valence-corrected chi connectivity index (χ0v) is 13.0. The van der Waals surface area contributed by atoms with E-state index in [0.29, 0.717) is 30.8 Å². The molecule has 0 amide bonds. The van der Waals surface area contributed by atoms with Crippen LogP contribution in [0.5, 0.6) is 0 Å². The summed E-state index contributed by atoms with van der Waals surface area (Å²) < 4.78 is 11.7. The average molecular weight is 257 g/mol. The van der Waals surface area contributed by atoms with Gasteiger partial charge in [-0.05, 0) is 46.1 Å². The van der Waals surface area contributed by atoms with Crippen LogP contribution in [-0.2, 0) is 9.47 Å². The summed E-state index contributed by atoms with van der Waals surface area (Å²) in [6, 6.07) is 0.445. The van der Waals surface area contributed by atoms with Crippen LogP contribution < -0.4 is 5.32 Å². The topological polar surface area (TPSA) is 30.5 Å². The van der Waals surface area contributed by atoms with E-state index in [0.717, 1.165) is 6.42 Å². The zero-order valence-electron chi connectivity index (χ0n) is 13.0. The lowest BCUT2D eigenvalue weighted by Gasteiger charge is -2.43. The Bertz CT molecular complexity index is 245. The second-order valence-electron chi connectivity index (χ2n) is 7.02. The third-order valence-electron chi connectivity index (χ3n) is 3.78. The van der Waals surface area contributed by atoms with Crippen LogP contribution in [-0.4, -0.2) is 38.0 Å². The molecule has 1 fully saturated rings. The fraction of sp³-hybridized carbons (Fsp3) is 1.00. The van der Waals surface area contributed by atoms with E-state index in [1.165, 1.54) is 12.8 Å². The molecule has 0 aromatic carbocycles. The minimum atomic E-state index is -0.0718. The quantitative estimate of drug-likeness (QED) is 0.768. The Labute approximate surface area is 113 Å². The first-order valence-corrected chi connectivity index (χ1v) is 7.19. The van der Waals surface area contributed by atoms with Gasteiger partial charge in [-0.2, -0.15) is 0 Å². The molecule has 0 saturated heterocycles. The summed E-state index contributed by atoms with van der Waals surface area (Å²) in [5.41, 5.74) is 0.250. The van der Waals surface area contributed by atoms with Gasteiger partial charge in [0.05, 0.1) is 24.9 Å². The van der Waals surface area contributed by atoms with E-state index in [1.54, 1.807) is 0 Å². The largest absolute Gasteiger partial charge is 0.374 e. The normalized spacial score (nSPS) is 28.3. The van der Waals surface area contributed by atoms with E-state index >= 15 is 0 Å². The van der Waals surface area contributed by atoms with Gasteiger partial charge in [0, 0.05) is 6.04 Å². The van der Waals surface area contributed by atoms with E-state index in [-0.39, 0.29) is 5.60 Å². The van der Waals surface area contributed by atoms with Crippen molar-refractivity contribution in [2.75, 3.05) is 20.3 Å². The second kappa shape index (κ2) is 6.36. The predicted molar refractivity (Wildman–Crippen MR) is 75.9 cm³/mol. The molecule has 1 saturated carbocycles. The molecule has 0 aromatic rings. The van der Waals surface area contributed by atoms with Crippen molar-refractivity contribution in [2.45, 2.75) is 71.6 Å². The fourth-order valence-corrected chi connectivity index (χ4v) is 2.89. The summed E-state index contributed by atoms with van der Waals surface area (Å²) in [6.07, 6.45) is 4.01. The van der Waals surface area contributed by atoms with Crippen molar-refractivity contribution < 1.29 is 9.47 Å². The minimum Gasteiger partial charge on any atom is -0.374 e. The van der Waals surface area contributed by atoms with Gasteiger partial charge in [-0.25, -0.2) is 0 Å². The Balaban J connectivity index is 2.36. The van der Waals surface area contributed by atoms with Crippen molar-refractivity contribution in [3.63, 3.8) is 0 Å². The number of rotatable bonds is 5. The Morgan fingerprint density at radius 3 is 2.44 bits per heavy atom. The molecule has 0 bridgehead atoms. The predicted octanol–water partition coefficient (Wildman–Crippen LogP) is 2.98. The fourth-order valence-electron chi connectivity index (χ4n) is 2.89. The van der Waals surface area contributed by atoms with Gasteiger partial charge in [0.1, 0.15) is 0 Å². The molecule has 2 atom stereocenters. The van der Waals surface area contributed by atoms with Crippen LogP contribution in [0.4, 0.5) is 0 Å². The van der Waals surface area contributed by atoms with Gasteiger partial charge in [-0.1, -0.05) is 20.3 Å². The van der Waals surface area contributed by atoms with Gasteiger partial charge in [-0.3, -0.25) is 0 Å². The molecule has 0 spiro atoms. The maximum Gasteiger partial charge on any atom is 0.0734 e.